The van der Waals surface area contributed by atoms with Crippen LogP contribution >= 0.6 is 0 Å². The number of anilines is 1. The van der Waals surface area contributed by atoms with Crippen molar-refractivity contribution in [1.82, 2.24) is 10.2 Å². The van der Waals surface area contributed by atoms with Crippen LogP contribution in [0.3, 0.4) is 0 Å². The van der Waals surface area contributed by atoms with Crippen molar-refractivity contribution in [3.63, 3.8) is 0 Å². The first-order valence-corrected chi connectivity index (χ1v) is 10.2. The van der Waals surface area contributed by atoms with Crippen LogP contribution in [-0.2, 0) is 0 Å². The molecule has 2 N–H and O–H groups in total. The molecule has 156 valence electrons. The number of urea groups is 1. The minimum Gasteiger partial charge on any atom is -0.497 e. The van der Waals surface area contributed by atoms with Crippen LogP contribution in [0.5, 0.6) is 11.5 Å². The lowest BCUT2D eigenvalue weighted by Crippen LogP contribution is -2.36. The molecule has 0 radical (unpaired) electrons. The van der Waals surface area contributed by atoms with Crippen molar-refractivity contribution >= 4 is 11.7 Å². The number of piperidine rings is 1. The van der Waals surface area contributed by atoms with Crippen molar-refractivity contribution in [2.75, 3.05) is 45.7 Å². The maximum Gasteiger partial charge on any atom is 0.319 e. The van der Waals surface area contributed by atoms with E-state index in [2.05, 4.69) is 45.9 Å². The molecule has 1 saturated heterocycles. The van der Waals surface area contributed by atoms with E-state index in [1.807, 2.05) is 0 Å². The van der Waals surface area contributed by atoms with E-state index in [1.54, 1.807) is 32.4 Å². The summed E-state index contributed by atoms with van der Waals surface area (Å²) in [6.07, 6.45) is 3.34. The molecule has 1 aliphatic rings. The molecular weight excluding hydrogens is 366 g/mol. The first kappa shape index (κ1) is 21.0. The number of hydrogen-bond donors (Lipinski definition) is 2. The number of ether oxygens (including phenoxy) is 2. The van der Waals surface area contributed by atoms with Crippen LogP contribution in [0.1, 0.15) is 30.7 Å². The highest BCUT2D eigenvalue weighted by atomic mass is 16.5. The average molecular weight is 398 g/mol. The van der Waals surface area contributed by atoms with Gasteiger partial charge in [0.05, 0.1) is 19.9 Å². The van der Waals surface area contributed by atoms with E-state index in [-0.39, 0.29) is 6.03 Å². The number of carbonyl (C=O) groups excluding carboxylic acids is 1. The summed E-state index contributed by atoms with van der Waals surface area (Å²) in [4.78, 5) is 14.7. The second kappa shape index (κ2) is 10.7. The van der Waals surface area contributed by atoms with E-state index < -0.39 is 0 Å². The molecule has 0 aliphatic carbocycles. The smallest absolute Gasteiger partial charge is 0.319 e. The number of rotatable bonds is 8. The van der Waals surface area contributed by atoms with Gasteiger partial charge in [0.25, 0.3) is 0 Å². The van der Waals surface area contributed by atoms with E-state index in [0.717, 1.165) is 26.1 Å². The maximum absolute atomic E-state index is 12.2. The Hall–Kier alpha value is -2.73. The number of amides is 2. The monoisotopic (exact) mass is 397 g/mol. The summed E-state index contributed by atoms with van der Waals surface area (Å²) in [6, 6.07) is 15.9. The summed E-state index contributed by atoms with van der Waals surface area (Å²) >= 11 is 0. The summed E-state index contributed by atoms with van der Waals surface area (Å²) in [5, 5.41) is 5.75. The SMILES string of the molecule is COc1ccc(NC(=O)NCCCN2CCC(c3ccccc3)CC2)c(OC)c1. The van der Waals surface area contributed by atoms with Crippen LogP contribution in [0, 0.1) is 0 Å². The number of benzene rings is 2. The minimum absolute atomic E-state index is 0.226. The van der Waals surface area contributed by atoms with Crippen molar-refractivity contribution in [1.29, 1.82) is 0 Å². The third-order valence-electron chi connectivity index (χ3n) is 5.45. The van der Waals surface area contributed by atoms with Crippen LogP contribution in [0.4, 0.5) is 10.5 Å². The third-order valence-corrected chi connectivity index (χ3v) is 5.45. The van der Waals surface area contributed by atoms with Gasteiger partial charge in [-0.05, 0) is 62.5 Å². The van der Waals surface area contributed by atoms with E-state index in [9.17, 15) is 4.79 Å². The Labute approximate surface area is 173 Å². The lowest BCUT2D eigenvalue weighted by atomic mass is 9.89. The molecule has 2 amide bonds. The van der Waals surface area contributed by atoms with Gasteiger partial charge in [-0.25, -0.2) is 4.79 Å². The molecule has 1 fully saturated rings. The van der Waals surface area contributed by atoms with Crippen LogP contribution in [0.25, 0.3) is 0 Å². The first-order valence-electron chi connectivity index (χ1n) is 10.2. The molecule has 1 heterocycles. The van der Waals surface area contributed by atoms with Crippen molar-refractivity contribution in [2.45, 2.75) is 25.2 Å². The topological polar surface area (TPSA) is 62.8 Å². The lowest BCUT2D eigenvalue weighted by molar-refractivity contribution is 0.209. The highest BCUT2D eigenvalue weighted by Gasteiger charge is 2.20. The van der Waals surface area contributed by atoms with Crippen molar-refractivity contribution < 1.29 is 14.3 Å². The predicted molar refractivity (Wildman–Crippen MR) is 116 cm³/mol. The summed E-state index contributed by atoms with van der Waals surface area (Å²) in [6.45, 7) is 3.89. The number of hydrogen-bond acceptors (Lipinski definition) is 4. The normalized spacial score (nSPS) is 15.0. The summed E-state index contributed by atoms with van der Waals surface area (Å²) < 4.78 is 10.5. The van der Waals surface area contributed by atoms with Crippen LogP contribution in [0.15, 0.2) is 48.5 Å². The van der Waals surface area contributed by atoms with E-state index in [1.165, 1.54) is 18.4 Å². The summed E-state index contributed by atoms with van der Waals surface area (Å²) in [7, 11) is 3.16. The summed E-state index contributed by atoms with van der Waals surface area (Å²) in [5.41, 5.74) is 2.08. The average Bonchev–Trinajstić information content (AvgIpc) is 2.78. The Morgan fingerprint density at radius 2 is 1.83 bits per heavy atom. The maximum atomic E-state index is 12.2. The zero-order chi connectivity index (χ0) is 20.5. The summed E-state index contributed by atoms with van der Waals surface area (Å²) in [5.74, 6) is 1.93. The van der Waals surface area contributed by atoms with Gasteiger partial charge in [-0.2, -0.15) is 0 Å². The number of nitrogens with zero attached hydrogens (tertiary/aromatic N) is 1. The molecule has 0 aromatic heterocycles. The molecule has 2 aromatic carbocycles. The van der Waals surface area contributed by atoms with Crippen LogP contribution < -0.4 is 20.1 Å². The van der Waals surface area contributed by atoms with E-state index in [4.69, 9.17) is 9.47 Å². The number of likely N-dealkylation sites (tertiary alicyclic amines) is 1. The van der Waals surface area contributed by atoms with Gasteiger partial charge in [0.1, 0.15) is 11.5 Å². The molecule has 2 aromatic rings. The molecule has 0 saturated carbocycles. The van der Waals surface area contributed by atoms with Crippen molar-refractivity contribution in [3.05, 3.63) is 54.1 Å². The Morgan fingerprint density at radius 3 is 2.52 bits per heavy atom. The van der Waals surface area contributed by atoms with Crippen molar-refractivity contribution in [2.24, 2.45) is 0 Å². The van der Waals surface area contributed by atoms with Gasteiger partial charge >= 0.3 is 6.03 Å². The number of carbonyl (C=O) groups is 1. The molecule has 0 spiro atoms. The highest BCUT2D eigenvalue weighted by molar-refractivity contribution is 5.91. The van der Waals surface area contributed by atoms with Crippen molar-refractivity contribution in [3.8, 4) is 11.5 Å². The molecule has 6 nitrogen and oxygen atoms in total. The van der Waals surface area contributed by atoms with Gasteiger partial charge in [-0.1, -0.05) is 30.3 Å². The standard InChI is InChI=1S/C23H31N3O3/c1-28-20-9-10-21(22(17-20)29-2)25-23(27)24-13-6-14-26-15-11-19(12-16-26)18-7-4-3-5-8-18/h3-5,7-10,17,19H,6,11-16H2,1-2H3,(H2,24,25,27). The number of nitrogens with one attached hydrogen (secondary N) is 2. The Bertz CT molecular complexity index is 774. The van der Waals surface area contributed by atoms with Crippen LogP contribution in [0.2, 0.25) is 0 Å². The second-order valence-electron chi connectivity index (χ2n) is 7.33. The van der Waals surface area contributed by atoms with Gasteiger partial charge in [0.15, 0.2) is 0 Å². The minimum atomic E-state index is -0.226. The molecule has 0 unspecified atom stereocenters. The quantitative estimate of drug-likeness (QED) is 0.659. The largest absolute Gasteiger partial charge is 0.497 e. The highest BCUT2D eigenvalue weighted by Crippen LogP contribution is 2.29. The van der Waals surface area contributed by atoms with E-state index >= 15 is 0 Å². The molecular formula is C23H31N3O3. The molecule has 3 rings (SSSR count). The Morgan fingerprint density at radius 1 is 1.07 bits per heavy atom. The zero-order valence-corrected chi connectivity index (χ0v) is 17.3. The Balaban J connectivity index is 1.34. The second-order valence-corrected chi connectivity index (χ2v) is 7.33. The fourth-order valence-electron chi connectivity index (χ4n) is 3.79. The zero-order valence-electron chi connectivity index (χ0n) is 17.3. The molecule has 29 heavy (non-hydrogen) atoms. The molecule has 0 bridgehead atoms. The molecule has 0 atom stereocenters. The number of methoxy groups -OCH3 is 2. The van der Waals surface area contributed by atoms with Gasteiger partial charge < -0.3 is 25.0 Å². The first-order chi connectivity index (χ1) is 14.2. The fraction of sp³-hybridized carbons (Fsp3) is 0.435. The predicted octanol–water partition coefficient (Wildman–Crippen LogP) is 4.10. The van der Waals surface area contributed by atoms with E-state index in [0.29, 0.717) is 29.6 Å². The fourth-order valence-corrected chi connectivity index (χ4v) is 3.79. The molecule has 1 aliphatic heterocycles. The Kier molecular flexibility index (Phi) is 7.76. The van der Waals surface area contributed by atoms with Gasteiger partial charge in [0.2, 0.25) is 0 Å². The van der Waals surface area contributed by atoms with Gasteiger partial charge in [-0.15, -0.1) is 0 Å². The molecule has 6 heteroatoms. The lowest BCUT2D eigenvalue weighted by Gasteiger charge is -2.32. The van der Waals surface area contributed by atoms with Gasteiger partial charge in [0, 0.05) is 12.6 Å². The van der Waals surface area contributed by atoms with Crippen LogP contribution in [-0.4, -0.2) is 51.3 Å². The third kappa shape index (κ3) is 6.12. The van der Waals surface area contributed by atoms with Gasteiger partial charge in [-0.3, -0.25) is 0 Å².